The summed E-state index contributed by atoms with van der Waals surface area (Å²) in [6.45, 7) is 0.493. The number of carbonyl (C=O) groups is 1. The Kier molecular flexibility index (Phi) is 3.48. The van der Waals surface area contributed by atoms with E-state index in [0.717, 1.165) is 4.88 Å². The molecule has 4 nitrogen and oxygen atoms in total. The lowest BCUT2D eigenvalue weighted by atomic mass is 10.2. The molecular weight excluding hydrogens is 234 g/mol. The lowest BCUT2D eigenvalue weighted by Crippen LogP contribution is -2.22. The van der Waals surface area contributed by atoms with Crippen LogP contribution in [-0.2, 0) is 6.54 Å². The first-order valence-electron chi connectivity index (χ1n) is 4.95. The molecule has 0 bridgehead atoms. The predicted octanol–water partition coefficient (Wildman–Crippen LogP) is 1.94. The molecule has 0 aromatic carbocycles. The van der Waals surface area contributed by atoms with Crippen LogP contribution in [0.1, 0.15) is 20.8 Å². The first-order chi connectivity index (χ1) is 8.29. The number of nitriles is 1. The number of rotatable bonds is 3. The fourth-order valence-corrected chi connectivity index (χ4v) is 1.95. The lowest BCUT2D eigenvalue weighted by molar-refractivity contribution is 0.0951. The molecule has 2 aromatic heterocycles. The molecule has 2 rings (SSSR count). The van der Waals surface area contributed by atoms with Crippen LogP contribution in [0.15, 0.2) is 36.0 Å². The molecule has 5 heteroatoms. The van der Waals surface area contributed by atoms with E-state index in [1.807, 2.05) is 23.6 Å². The van der Waals surface area contributed by atoms with Crippen molar-refractivity contribution in [2.24, 2.45) is 0 Å². The Morgan fingerprint density at radius 3 is 3.12 bits per heavy atom. The number of nitrogens with one attached hydrogen (secondary N) is 1. The first kappa shape index (κ1) is 11.3. The molecular formula is C12H9N3OS. The van der Waals surface area contributed by atoms with E-state index < -0.39 is 0 Å². The van der Waals surface area contributed by atoms with E-state index in [2.05, 4.69) is 10.3 Å². The minimum absolute atomic E-state index is 0.219. The molecule has 0 spiro atoms. The van der Waals surface area contributed by atoms with Gasteiger partial charge in [0.25, 0.3) is 5.91 Å². The van der Waals surface area contributed by atoms with E-state index in [0.29, 0.717) is 17.7 Å². The highest BCUT2D eigenvalue weighted by Crippen LogP contribution is 2.08. The number of hydrogen-bond acceptors (Lipinski definition) is 4. The molecule has 84 valence electrons. The third-order valence-electron chi connectivity index (χ3n) is 2.13. The van der Waals surface area contributed by atoms with Crippen molar-refractivity contribution in [3.8, 4) is 6.07 Å². The molecule has 0 radical (unpaired) electrons. The molecule has 1 N–H and O–H groups in total. The number of hydrogen-bond donors (Lipinski definition) is 1. The van der Waals surface area contributed by atoms with Gasteiger partial charge in [-0.3, -0.25) is 9.78 Å². The van der Waals surface area contributed by atoms with Crippen LogP contribution in [0.4, 0.5) is 0 Å². The Balaban J connectivity index is 2.02. The SMILES string of the molecule is N#Cc1cncc(C(=O)NCc2cccs2)c1. The minimum atomic E-state index is -0.219. The van der Waals surface area contributed by atoms with Crippen LogP contribution in [0.5, 0.6) is 0 Å². The van der Waals surface area contributed by atoms with Gasteiger partial charge in [0, 0.05) is 17.3 Å². The van der Waals surface area contributed by atoms with Crippen LogP contribution in [0, 0.1) is 11.3 Å². The fourth-order valence-electron chi connectivity index (χ4n) is 1.31. The summed E-state index contributed by atoms with van der Waals surface area (Å²) < 4.78 is 0. The Labute approximate surface area is 103 Å². The Morgan fingerprint density at radius 1 is 1.53 bits per heavy atom. The van der Waals surface area contributed by atoms with Gasteiger partial charge in [0.05, 0.1) is 17.7 Å². The van der Waals surface area contributed by atoms with Crippen molar-refractivity contribution < 1.29 is 4.79 Å². The summed E-state index contributed by atoms with van der Waals surface area (Å²) >= 11 is 1.59. The number of pyridine rings is 1. The third kappa shape index (κ3) is 2.89. The van der Waals surface area contributed by atoms with E-state index in [-0.39, 0.29) is 5.91 Å². The van der Waals surface area contributed by atoms with E-state index in [9.17, 15) is 4.79 Å². The van der Waals surface area contributed by atoms with Crippen LogP contribution in [0.25, 0.3) is 0 Å². The van der Waals surface area contributed by atoms with Crippen molar-refractivity contribution >= 4 is 17.2 Å². The van der Waals surface area contributed by atoms with E-state index in [4.69, 9.17) is 5.26 Å². The molecule has 17 heavy (non-hydrogen) atoms. The van der Waals surface area contributed by atoms with Crippen LogP contribution in [0.3, 0.4) is 0 Å². The zero-order chi connectivity index (χ0) is 12.1. The summed E-state index contributed by atoms with van der Waals surface area (Å²) in [7, 11) is 0. The van der Waals surface area contributed by atoms with Crippen molar-refractivity contribution in [2.75, 3.05) is 0 Å². The summed E-state index contributed by atoms with van der Waals surface area (Å²) in [6.07, 6.45) is 2.88. The Morgan fingerprint density at radius 2 is 2.41 bits per heavy atom. The van der Waals surface area contributed by atoms with Gasteiger partial charge in [-0.05, 0) is 17.5 Å². The van der Waals surface area contributed by atoms with Gasteiger partial charge in [-0.2, -0.15) is 5.26 Å². The molecule has 0 unspecified atom stereocenters. The van der Waals surface area contributed by atoms with Crippen molar-refractivity contribution in [1.82, 2.24) is 10.3 Å². The summed E-state index contributed by atoms with van der Waals surface area (Å²) in [5, 5.41) is 13.4. The van der Waals surface area contributed by atoms with Crippen LogP contribution in [0.2, 0.25) is 0 Å². The predicted molar refractivity (Wildman–Crippen MR) is 64.4 cm³/mol. The van der Waals surface area contributed by atoms with Crippen molar-refractivity contribution in [1.29, 1.82) is 5.26 Å². The maximum atomic E-state index is 11.8. The normalized spacial score (nSPS) is 9.59. The van der Waals surface area contributed by atoms with E-state index in [1.165, 1.54) is 18.5 Å². The smallest absolute Gasteiger partial charge is 0.253 e. The molecule has 1 amide bonds. The first-order valence-corrected chi connectivity index (χ1v) is 5.83. The average molecular weight is 243 g/mol. The highest BCUT2D eigenvalue weighted by atomic mass is 32.1. The van der Waals surface area contributed by atoms with Gasteiger partial charge in [0.2, 0.25) is 0 Å². The molecule has 0 saturated carbocycles. The molecule has 0 aliphatic carbocycles. The second-order valence-corrected chi connectivity index (χ2v) is 4.37. The monoisotopic (exact) mass is 243 g/mol. The van der Waals surface area contributed by atoms with Gasteiger partial charge in [-0.1, -0.05) is 6.07 Å². The highest BCUT2D eigenvalue weighted by molar-refractivity contribution is 7.09. The number of thiophene rings is 1. The molecule has 2 heterocycles. The second kappa shape index (κ2) is 5.23. The third-order valence-corrected chi connectivity index (χ3v) is 3.01. The van der Waals surface area contributed by atoms with Crippen LogP contribution >= 0.6 is 11.3 Å². The van der Waals surface area contributed by atoms with E-state index in [1.54, 1.807) is 11.3 Å². The molecule has 0 fully saturated rings. The molecule has 2 aromatic rings. The van der Waals surface area contributed by atoms with Gasteiger partial charge in [-0.25, -0.2) is 0 Å². The number of amides is 1. The van der Waals surface area contributed by atoms with Crippen molar-refractivity contribution in [3.05, 3.63) is 52.0 Å². The maximum Gasteiger partial charge on any atom is 0.253 e. The van der Waals surface area contributed by atoms with Crippen LogP contribution < -0.4 is 5.32 Å². The van der Waals surface area contributed by atoms with Gasteiger partial charge >= 0.3 is 0 Å². The molecule has 0 aliphatic rings. The van der Waals surface area contributed by atoms with Crippen LogP contribution in [-0.4, -0.2) is 10.9 Å². The van der Waals surface area contributed by atoms with Crippen molar-refractivity contribution in [2.45, 2.75) is 6.54 Å². The second-order valence-electron chi connectivity index (χ2n) is 3.34. The van der Waals surface area contributed by atoms with E-state index >= 15 is 0 Å². The summed E-state index contributed by atoms with van der Waals surface area (Å²) in [6, 6.07) is 7.36. The fraction of sp³-hybridized carbons (Fsp3) is 0.0833. The Bertz CT molecular complexity index is 557. The highest BCUT2D eigenvalue weighted by Gasteiger charge is 2.06. The van der Waals surface area contributed by atoms with Gasteiger partial charge < -0.3 is 5.32 Å². The zero-order valence-electron chi connectivity index (χ0n) is 8.88. The number of aromatic nitrogens is 1. The average Bonchev–Trinajstić information content (AvgIpc) is 2.89. The topological polar surface area (TPSA) is 65.8 Å². The summed E-state index contributed by atoms with van der Waals surface area (Å²) in [5.41, 5.74) is 0.786. The van der Waals surface area contributed by atoms with Gasteiger partial charge in [-0.15, -0.1) is 11.3 Å². The minimum Gasteiger partial charge on any atom is -0.347 e. The Hall–Kier alpha value is -2.19. The zero-order valence-corrected chi connectivity index (χ0v) is 9.70. The molecule has 0 atom stereocenters. The van der Waals surface area contributed by atoms with Gasteiger partial charge in [0.15, 0.2) is 0 Å². The standard InChI is InChI=1S/C12H9N3OS/c13-5-9-4-10(7-14-6-9)12(16)15-8-11-2-1-3-17-11/h1-4,6-7H,8H2,(H,15,16). The van der Waals surface area contributed by atoms with Gasteiger partial charge in [0.1, 0.15) is 6.07 Å². The largest absolute Gasteiger partial charge is 0.347 e. The molecule has 0 aliphatic heterocycles. The summed E-state index contributed by atoms with van der Waals surface area (Å²) in [4.78, 5) is 16.7. The number of nitrogens with zero attached hydrogens (tertiary/aromatic N) is 2. The molecule has 0 saturated heterocycles. The number of carbonyl (C=O) groups excluding carboxylic acids is 1. The van der Waals surface area contributed by atoms with Crippen molar-refractivity contribution in [3.63, 3.8) is 0 Å². The maximum absolute atomic E-state index is 11.8. The quantitative estimate of drug-likeness (QED) is 0.896. The summed E-state index contributed by atoms with van der Waals surface area (Å²) in [5.74, 6) is -0.219. The lowest BCUT2D eigenvalue weighted by Gasteiger charge is -2.03.